The van der Waals surface area contributed by atoms with Gasteiger partial charge in [-0.1, -0.05) is 269 Å². The molecule has 0 aliphatic rings. The molecule has 0 atom stereocenters. The second-order valence-corrected chi connectivity index (χ2v) is 23.4. The van der Waals surface area contributed by atoms with Crippen molar-refractivity contribution in [3.8, 4) is 0 Å². The number of halogens is 1. The predicted molar refractivity (Wildman–Crippen MR) is 276 cm³/mol. The SMILES string of the molecule is CC(C)c1cc(C(c2ccccc2)c2ccccc2)c(NN(P(c2ccccc2)c2ccccc2)[Si](Cl)(c2ccccc2)c2ccccc2)c(C(c2ccccc2)c2ccccc2)c1. The Kier molecular flexibility index (Phi) is 13.4. The van der Waals surface area contributed by atoms with Crippen molar-refractivity contribution in [2.75, 3.05) is 5.43 Å². The molecule has 0 unspecified atom stereocenters. The first-order valence-electron chi connectivity index (χ1n) is 22.1. The van der Waals surface area contributed by atoms with E-state index in [-0.39, 0.29) is 17.8 Å². The van der Waals surface area contributed by atoms with Crippen molar-refractivity contribution in [3.05, 3.63) is 294 Å². The summed E-state index contributed by atoms with van der Waals surface area (Å²) in [5.41, 5.74) is 14.1. The minimum atomic E-state index is -3.49. The summed E-state index contributed by atoms with van der Waals surface area (Å²) in [6, 6.07) is 92.5. The van der Waals surface area contributed by atoms with Crippen LogP contribution in [0.1, 0.15) is 70.5 Å². The van der Waals surface area contributed by atoms with Crippen LogP contribution in [0.3, 0.4) is 0 Å². The lowest BCUT2D eigenvalue weighted by molar-refractivity contribution is 0.804. The third kappa shape index (κ3) is 9.04. The van der Waals surface area contributed by atoms with Crippen molar-refractivity contribution >= 4 is 53.4 Å². The van der Waals surface area contributed by atoms with Gasteiger partial charge in [0.25, 0.3) is 0 Å². The van der Waals surface area contributed by atoms with Gasteiger partial charge in [0.2, 0.25) is 0 Å². The van der Waals surface area contributed by atoms with Gasteiger partial charge in [-0.25, -0.2) is 0 Å². The predicted octanol–water partition coefficient (Wildman–Crippen LogP) is 13.3. The topological polar surface area (TPSA) is 15.3 Å². The Morgan fingerprint density at radius 2 is 0.672 bits per heavy atom. The lowest BCUT2D eigenvalue weighted by atomic mass is 9.77. The van der Waals surface area contributed by atoms with E-state index >= 15 is 0 Å². The monoisotopic (exact) mass is 882 g/mol. The van der Waals surface area contributed by atoms with Crippen LogP contribution in [0.4, 0.5) is 5.69 Å². The van der Waals surface area contributed by atoms with Crippen molar-refractivity contribution in [2.24, 2.45) is 0 Å². The highest BCUT2D eigenvalue weighted by molar-refractivity contribution is 7.74. The molecular weight excluding hydrogens is 831 g/mol. The average molecular weight is 884 g/mol. The third-order valence-electron chi connectivity index (χ3n) is 12.1. The Morgan fingerprint density at radius 1 is 0.391 bits per heavy atom. The minimum Gasteiger partial charge on any atom is -0.319 e. The minimum absolute atomic E-state index is 0.115. The highest BCUT2D eigenvalue weighted by Gasteiger charge is 2.48. The lowest BCUT2D eigenvalue weighted by Crippen LogP contribution is -2.67. The molecule has 64 heavy (non-hydrogen) atoms. The number of rotatable bonds is 15. The van der Waals surface area contributed by atoms with Crippen molar-refractivity contribution in [3.63, 3.8) is 0 Å². The lowest BCUT2D eigenvalue weighted by Gasteiger charge is -2.45. The maximum atomic E-state index is 8.83. The Labute approximate surface area is 386 Å². The van der Waals surface area contributed by atoms with E-state index < -0.39 is 15.6 Å². The summed E-state index contributed by atoms with van der Waals surface area (Å²) >= 11 is 8.83. The van der Waals surface area contributed by atoms with Crippen LogP contribution in [-0.2, 0) is 0 Å². The van der Waals surface area contributed by atoms with Crippen LogP contribution in [0, 0.1) is 0 Å². The number of hydrazine groups is 1. The van der Waals surface area contributed by atoms with Crippen molar-refractivity contribution in [2.45, 2.75) is 31.6 Å². The molecule has 0 aliphatic heterocycles. The summed E-state index contributed by atoms with van der Waals surface area (Å²) in [4.78, 5) is 0. The van der Waals surface area contributed by atoms with E-state index in [4.69, 9.17) is 11.1 Å². The fourth-order valence-corrected chi connectivity index (χ4v) is 17.2. The molecule has 1 N–H and O–H groups in total. The summed E-state index contributed by atoms with van der Waals surface area (Å²) in [6.45, 7) is 4.63. The zero-order chi connectivity index (χ0) is 43.7. The van der Waals surface area contributed by atoms with E-state index in [0.29, 0.717) is 0 Å². The molecule has 0 amide bonds. The van der Waals surface area contributed by atoms with E-state index in [9.17, 15) is 0 Å². The summed E-state index contributed by atoms with van der Waals surface area (Å²) in [5.74, 6) is 0.0229. The largest absolute Gasteiger partial charge is 0.319 e. The number of nitrogens with zero attached hydrogens (tertiary/aromatic N) is 1. The summed E-state index contributed by atoms with van der Waals surface area (Å²) in [5, 5.41) is 4.60. The molecule has 0 bridgehead atoms. The van der Waals surface area contributed by atoms with Gasteiger partial charge in [0.1, 0.15) is 0 Å². The number of benzene rings is 9. The summed E-state index contributed by atoms with van der Waals surface area (Å²) in [7, 11) is -4.81. The molecule has 0 aliphatic carbocycles. The van der Waals surface area contributed by atoms with Crippen LogP contribution >= 0.6 is 19.2 Å². The van der Waals surface area contributed by atoms with E-state index in [0.717, 1.165) is 16.1 Å². The molecule has 9 aromatic rings. The van der Waals surface area contributed by atoms with Gasteiger partial charge in [-0.3, -0.25) is 0 Å². The maximum Gasteiger partial charge on any atom is 0.313 e. The third-order valence-corrected chi connectivity index (χ3v) is 20.7. The van der Waals surface area contributed by atoms with Crippen molar-refractivity contribution < 1.29 is 0 Å². The first-order valence-corrected chi connectivity index (χ1v) is 26.4. The van der Waals surface area contributed by atoms with Gasteiger partial charge in [-0.15, -0.1) is 11.1 Å². The van der Waals surface area contributed by atoms with Gasteiger partial charge >= 0.3 is 7.55 Å². The molecule has 9 rings (SSSR count). The normalized spacial score (nSPS) is 11.8. The van der Waals surface area contributed by atoms with Crippen LogP contribution < -0.4 is 26.4 Å². The Hall–Kier alpha value is -6.32. The van der Waals surface area contributed by atoms with Gasteiger partial charge in [0.15, 0.2) is 0 Å². The Balaban J connectivity index is 1.44. The quantitative estimate of drug-likeness (QED) is 0.0363. The molecular formula is C59H52ClN2PSi. The van der Waals surface area contributed by atoms with Crippen LogP contribution in [0.15, 0.2) is 255 Å². The molecule has 0 radical (unpaired) electrons. The summed E-state index contributed by atoms with van der Waals surface area (Å²) in [6.07, 6.45) is 0. The highest BCUT2D eigenvalue weighted by Crippen LogP contribution is 2.49. The molecule has 314 valence electrons. The maximum absolute atomic E-state index is 8.83. The van der Waals surface area contributed by atoms with Gasteiger partial charge < -0.3 is 5.43 Å². The first-order chi connectivity index (χ1) is 31.5. The molecule has 0 saturated heterocycles. The van der Waals surface area contributed by atoms with Gasteiger partial charge in [-0.2, -0.15) is 4.44 Å². The van der Waals surface area contributed by atoms with Crippen LogP contribution in [0.25, 0.3) is 0 Å². The number of anilines is 1. The number of nitrogens with one attached hydrogen (secondary N) is 1. The van der Waals surface area contributed by atoms with Crippen molar-refractivity contribution in [1.29, 1.82) is 0 Å². The van der Waals surface area contributed by atoms with E-state index in [2.05, 4.69) is 279 Å². The van der Waals surface area contributed by atoms with Gasteiger partial charge in [0.05, 0.1) is 5.69 Å². The second kappa shape index (κ2) is 20.0. The molecule has 0 saturated carbocycles. The Morgan fingerprint density at radius 3 is 0.969 bits per heavy atom. The zero-order valence-electron chi connectivity index (χ0n) is 36.3. The highest BCUT2D eigenvalue weighted by atomic mass is 35.6. The molecule has 5 heteroatoms. The molecule has 0 heterocycles. The smallest absolute Gasteiger partial charge is 0.313 e. The van der Waals surface area contributed by atoms with Crippen molar-refractivity contribution in [1.82, 2.24) is 4.44 Å². The standard InChI is InChI=1S/C59H52ClN2PSi/c1-45(2)50-43-55(57(46-27-11-3-12-28-46)47-29-13-4-14-30-47)59(56(44-50)58(48-31-15-5-16-32-48)49-33-17-6-18-34-49)61-62(63(51-35-19-7-20-36-51)52-37-21-8-22-38-52)64(60,53-39-23-9-24-40-53)54-41-25-10-26-42-54/h3-45,57-58,61H,1-2H3. The second-order valence-electron chi connectivity index (χ2n) is 16.5. The van der Waals surface area contributed by atoms with Crippen LogP contribution in [-0.4, -0.2) is 12.0 Å². The van der Waals surface area contributed by atoms with Crippen LogP contribution in [0.2, 0.25) is 0 Å². The molecule has 0 aromatic heterocycles. The first kappa shape index (κ1) is 43.0. The van der Waals surface area contributed by atoms with E-state index in [1.54, 1.807) is 0 Å². The molecule has 0 fully saturated rings. The molecule has 2 nitrogen and oxygen atoms in total. The molecule has 0 spiro atoms. The van der Waals surface area contributed by atoms with E-state index in [1.165, 1.54) is 49.6 Å². The fraction of sp³-hybridized carbons (Fsp3) is 0.0847. The summed E-state index contributed by atoms with van der Waals surface area (Å²) < 4.78 is 2.54. The average Bonchev–Trinajstić information content (AvgIpc) is 3.37. The van der Waals surface area contributed by atoms with Gasteiger partial charge in [-0.05, 0) is 65.8 Å². The molecule has 9 aromatic carbocycles. The van der Waals surface area contributed by atoms with Crippen LogP contribution in [0.5, 0.6) is 0 Å². The van der Waals surface area contributed by atoms with Gasteiger partial charge in [0, 0.05) is 19.9 Å². The number of hydrogen-bond acceptors (Lipinski definition) is 2. The zero-order valence-corrected chi connectivity index (χ0v) is 38.9. The van der Waals surface area contributed by atoms with E-state index in [1.807, 2.05) is 0 Å². The fourth-order valence-electron chi connectivity index (χ4n) is 8.93. The Bertz CT molecular complexity index is 2570. The number of hydrogen-bond donors (Lipinski definition) is 1.